The molecular weight excluding hydrogens is 128 g/mol. The van der Waals surface area contributed by atoms with Crippen molar-refractivity contribution in [2.45, 2.75) is 0 Å². The molecule has 0 aliphatic heterocycles. The van der Waals surface area contributed by atoms with Gasteiger partial charge in [-0.25, -0.2) is 0 Å². The predicted octanol–water partition coefficient (Wildman–Crippen LogP) is 2.12. The Morgan fingerprint density at radius 3 is 1.67 bits per heavy atom. The lowest BCUT2D eigenvalue weighted by atomic mass is 10.8. The number of hydrogen-bond donors (Lipinski definition) is 0. The Morgan fingerprint density at radius 2 is 1.44 bits per heavy atom. The van der Waals surface area contributed by atoms with Gasteiger partial charge in [-0.05, 0) is 12.2 Å². The molecule has 50 valence electrons. The molecule has 0 unspecified atom stereocenters. The molecular formula is C8H13S+. The van der Waals surface area contributed by atoms with Crippen molar-refractivity contribution in [1.29, 1.82) is 0 Å². The molecule has 0 aliphatic rings. The van der Waals surface area contributed by atoms with E-state index in [2.05, 4.69) is 19.7 Å². The van der Waals surface area contributed by atoms with Crippen LogP contribution in [0.4, 0.5) is 0 Å². The van der Waals surface area contributed by atoms with Crippen molar-refractivity contribution >= 4 is 10.9 Å². The van der Waals surface area contributed by atoms with Crippen molar-refractivity contribution in [2.75, 3.05) is 11.5 Å². The maximum atomic E-state index is 3.72. The van der Waals surface area contributed by atoms with Crippen LogP contribution < -0.4 is 0 Å². The molecule has 9 heavy (non-hydrogen) atoms. The van der Waals surface area contributed by atoms with Crippen LogP contribution >= 0.6 is 0 Å². The molecule has 0 saturated carbocycles. The SMILES string of the molecule is C=CC[S+](C=C)CC=C. The van der Waals surface area contributed by atoms with Crippen molar-refractivity contribution in [1.82, 2.24) is 0 Å². The van der Waals surface area contributed by atoms with Gasteiger partial charge in [-0.2, -0.15) is 0 Å². The highest BCUT2D eigenvalue weighted by Gasteiger charge is 2.06. The second kappa shape index (κ2) is 5.70. The molecule has 0 aromatic carbocycles. The van der Waals surface area contributed by atoms with Crippen LogP contribution in [-0.2, 0) is 10.9 Å². The van der Waals surface area contributed by atoms with E-state index in [0.29, 0.717) is 10.9 Å². The van der Waals surface area contributed by atoms with Crippen LogP contribution in [0.1, 0.15) is 0 Å². The predicted molar refractivity (Wildman–Crippen MR) is 47.7 cm³/mol. The summed E-state index contributed by atoms with van der Waals surface area (Å²) in [6.07, 6.45) is 3.85. The third kappa shape index (κ3) is 4.10. The van der Waals surface area contributed by atoms with Crippen molar-refractivity contribution in [3.05, 3.63) is 37.3 Å². The average Bonchev–Trinajstić information content (AvgIpc) is 1.88. The quantitative estimate of drug-likeness (QED) is 0.406. The fourth-order valence-corrected chi connectivity index (χ4v) is 1.52. The molecule has 1 heteroatoms. The van der Waals surface area contributed by atoms with Crippen molar-refractivity contribution in [3.8, 4) is 0 Å². The first-order valence-corrected chi connectivity index (χ1v) is 4.48. The molecule has 0 saturated heterocycles. The molecule has 0 spiro atoms. The summed E-state index contributed by atoms with van der Waals surface area (Å²) in [7, 11) is 0.296. The summed E-state index contributed by atoms with van der Waals surface area (Å²) in [6.45, 7) is 11.0. The molecule has 0 aliphatic carbocycles. The summed E-state index contributed by atoms with van der Waals surface area (Å²) >= 11 is 0. The van der Waals surface area contributed by atoms with Gasteiger partial charge in [0.1, 0.15) is 16.9 Å². The fraction of sp³-hybridized carbons (Fsp3) is 0.250. The van der Waals surface area contributed by atoms with Crippen molar-refractivity contribution in [2.24, 2.45) is 0 Å². The van der Waals surface area contributed by atoms with Gasteiger partial charge in [-0.1, -0.05) is 19.7 Å². The van der Waals surface area contributed by atoms with Gasteiger partial charge in [-0.15, -0.1) is 0 Å². The summed E-state index contributed by atoms with van der Waals surface area (Å²) in [6, 6.07) is 0. The maximum absolute atomic E-state index is 3.72. The number of hydrogen-bond acceptors (Lipinski definition) is 0. The van der Waals surface area contributed by atoms with Crippen LogP contribution in [0.2, 0.25) is 0 Å². The van der Waals surface area contributed by atoms with E-state index in [1.54, 1.807) is 0 Å². The Hall–Kier alpha value is -0.430. The standard InChI is InChI=1S/C8H13S/c1-4-7-9(6-3)8-5-2/h4-6H,1-3,7-8H2/q+1. The van der Waals surface area contributed by atoms with Crippen LogP contribution in [0.25, 0.3) is 0 Å². The van der Waals surface area contributed by atoms with Crippen LogP contribution in [0.5, 0.6) is 0 Å². The first-order valence-electron chi connectivity index (χ1n) is 2.85. The van der Waals surface area contributed by atoms with E-state index in [1.807, 2.05) is 17.6 Å². The molecule has 0 fully saturated rings. The van der Waals surface area contributed by atoms with Gasteiger partial charge in [0, 0.05) is 10.9 Å². The normalized spacial score (nSPS) is 9.00. The van der Waals surface area contributed by atoms with Gasteiger partial charge in [0.25, 0.3) is 0 Å². The highest BCUT2D eigenvalue weighted by Crippen LogP contribution is 1.97. The Balaban J connectivity index is 3.51. The molecule has 0 aromatic rings. The van der Waals surface area contributed by atoms with E-state index in [-0.39, 0.29) is 0 Å². The van der Waals surface area contributed by atoms with Crippen LogP contribution in [0.3, 0.4) is 0 Å². The Labute approximate surface area is 60.3 Å². The van der Waals surface area contributed by atoms with E-state index >= 15 is 0 Å². The summed E-state index contributed by atoms with van der Waals surface area (Å²) < 4.78 is 0. The molecule has 0 N–H and O–H groups in total. The summed E-state index contributed by atoms with van der Waals surface area (Å²) in [4.78, 5) is 0. The zero-order valence-corrected chi connectivity index (χ0v) is 6.49. The lowest BCUT2D eigenvalue weighted by Crippen LogP contribution is -2.03. The average molecular weight is 141 g/mol. The lowest BCUT2D eigenvalue weighted by Gasteiger charge is -1.93. The minimum Gasteiger partial charge on any atom is -0.0984 e. The third-order valence-electron chi connectivity index (χ3n) is 0.900. The number of rotatable bonds is 5. The van der Waals surface area contributed by atoms with Crippen LogP contribution in [0.15, 0.2) is 37.3 Å². The van der Waals surface area contributed by atoms with Crippen molar-refractivity contribution in [3.63, 3.8) is 0 Å². The van der Waals surface area contributed by atoms with Gasteiger partial charge < -0.3 is 0 Å². The van der Waals surface area contributed by atoms with Crippen LogP contribution in [-0.4, -0.2) is 11.5 Å². The molecule has 0 nitrogen and oxygen atoms in total. The Morgan fingerprint density at radius 1 is 1.00 bits per heavy atom. The second-order valence-corrected chi connectivity index (χ2v) is 3.69. The lowest BCUT2D eigenvalue weighted by molar-refractivity contribution is 1.70. The van der Waals surface area contributed by atoms with Gasteiger partial charge in [0.05, 0.1) is 0 Å². The minimum absolute atomic E-state index is 0.296. The smallest absolute Gasteiger partial charge is 0.0984 e. The van der Waals surface area contributed by atoms with Crippen LogP contribution in [0, 0.1) is 0 Å². The van der Waals surface area contributed by atoms with Crippen molar-refractivity contribution < 1.29 is 0 Å². The van der Waals surface area contributed by atoms with E-state index < -0.39 is 0 Å². The highest BCUT2D eigenvalue weighted by molar-refractivity contribution is 7.99. The van der Waals surface area contributed by atoms with Gasteiger partial charge in [0.2, 0.25) is 0 Å². The molecule has 0 aromatic heterocycles. The van der Waals surface area contributed by atoms with E-state index in [0.717, 1.165) is 11.5 Å². The first kappa shape index (κ1) is 8.57. The fourth-order valence-electron chi connectivity index (χ4n) is 0.507. The highest BCUT2D eigenvalue weighted by atomic mass is 32.2. The molecule has 0 heterocycles. The van der Waals surface area contributed by atoms with E-state index in [1.165, 1.54) is 0 Å². The van der Waals surface area contributed by atoms with Gasteiger partial charge in [-0.3, -0.25) is 0 Å². The molecule has 0 radical (unpaired) electrons. The zero-order valence-electron chi connectivity index (χ0n) is 5.68. The molecule has 0 atom stereocenters. The summed E-state index contributed by atoms with van der Waals surface area (Å²) in [5.74, 6) is 2.07. The molecule has 0 rings (SSSR count). The largest absolute Gasteiger partial charge is 0.131 e. The molecule has 0 bridgehead atoms. The van der Waals surface area contributed by atoms with Gasteiger partial charge in [0.15, 0.2) is 0 Å². The summed E-state index contributed by atoms with van der Waals surface area (Å²) in [5, 5.41) is 1.98. The minimum atomic E-state index is 0.296. The monoisotopic (exact) mass is 141 g/mol. The first-order chi connectivity index (χ1) is 4.35. The zero-order chi connectivity index (χ0) is 7.11. The maximum Gasteiger partial charge on any atom is 0.131 e. The second-order valence-electron chi connectivity index (χ2n) is 1.61. The van der Waals surface area contributed by atoms with Gasteiger partial charge >= 0.3 is 0 Å². The van der Waals surface area contributed by atoms with E-state index in [4.69, 9.17) is 0 Å². The van der Waals surface area contributed by atoms with E-state index in [9.17, 15) is 0 Å². The Kier molecular flexibility index (Phi) is 5.43. The topological polar surface area (TPSA) is 0 Å². The molecule has 0 amide bonds. The summed E-state index contributed by atoms with van der Waals surface area (Å²) in [5.41, 5.74) is 0. The third-order valence-corrected chi connectivity index (χ3v) is 2.70. The Bertz CT molecular complexity index is 95.1.